The van der Waals surface area contributed by atoms with Crippen LogP contribution in [0.3, 0.4) is 0 Å². The van der Waals surface area contributed by atoms with Crippen molar-refractivity contribution in [2.75, 3.05) is 52.4 Å². The number of ether oxygens (including phenoxy) is 1. The molecule has 1 unspecified atom stereocenters. The molecule has 2 aliphatic heterocycles. The molecule has 0 saturated carbocycles. The predicted molar refractivity (Wildman–Crippen MR) is 70.4 cm³/mol. The molecule has 2 rings (SSSR count). The monoisotopic (exact) mass is 241 g/mol. The maximum atomic E-state index is 5.61. The van der Waals surface area contributed by atoms with Gasteiger partial charge in [0.1, 0.15) is 0 Å². The molecule has 0 aromatic heterocycles. The summed E-state index contributed by atoms with van der Waals surface area (Å²) < 4.78 is 5.61. The Hall–Kier alpha value is -0.160. The van der Waals surface area contributed by atoms with E-state index in [9.17, 15) is 0 Å². The second kappa shape index (κ2) is 8.03. The summed E-state index contributed by atoms with van der Waals surface area (Å²) in [6.07, 6.45) is 5.52. The molecule has 2 saturated heterocycles. The lowest BCUT2D eigenvalue weighted by atomic mass is 10.2. The van der Waals surface area contributed by atoms with Crippen molar-refractivity contribution < 1.29 is 4.74 Å². The molecule has 4 nitrogen and oxygen atoms in total. The minimum absolute atomic E-state index is 0.532. The van der Waals surface area contributed by atoms with Crippen LogP contribution < -0.4 is 10.6 Å². The molecule has 0 aromatic carbocycles. The van der Waals surface area contributed by atoms with E-state index < -0.39 is 0 Å². The molecule has 1 atom stereocenters. The first-order chi connectivity index (χ1) is 8.45. The Morgan fingerprint density at radius 2 is 2.18 bits per heavy atom. The van der Waals surface area contributed by atoms with E-state index in [2.05, 4.69) is 15.5 Å². The quantitative estimate of drug-likeness (QED) is 0.662. The zero-order valence-electron chi connectivity index (χ0n) is 10.9. The van der Waals surface area contributed by atoms with Crippen LogP contribution in [0.1, 0.15) is 25.7 Å². The van der Waals surface area contributed by atoms with Crippen molar-refractivity contribution in [3.63, 3.8) is 0 Å². The first kappa shape index (κ1) is 13.3. The van der Waals surface area contributed by atoms with Gasteiger partial charge in [0, 0.05) is 32.8 Å². The Morgan fingerprint density at radius 3 is 3.06 bits per heavy atom. The van der Waals surface area contributed by atoms with Crippen LogP contribution in [0.25, 0.3) is 0 Å². The van der Waals surface area contributed by atoms with Crippen molar-refractivity contribution in [2.45, 2.75) is 31.8 Å². The van der Waals surface area contributed by atoms with Gasteiger partial charge in [-0.2, -0.15) is 0 Å². The van der Waals surface area contributed by atoms with Gasteiger partial charge in [0.15, 0.2) is 0 Å². The normalized spacial score (nSPS) is 27.2. The van der Waals surface area contributed by atoms with Crippen molar-refractivity contribution in [3.8, 4) is 0 Å². The van der Waals surface area contributed by atoms with Crippen LogP contribution in [0.2, 0.25) is 0 Å². The number of hydrogen-bond acceptors (Lipinski definition) is 4. The molecule has 2 N–H and O–H groups in total. The number of nitrogens with zero attached hydrogens (tertiary/aromatic N) is 1. The Bertz CT molecular complexity index is 187. The van der Waals surface area contributed by atoms with Crippen molar-refractivity contribution >= 4 is 0 Å². The summed E-state index contributed by atoms with van der Waals surface area (Å²) in [6, 6.07) is 0. The fraction of sp³-hybridized carbons (Fsp3) is 1.00. The van der Waals surface area contributed by atoms with Crippen LogP contribution in [0.15, 0.2) is 0 Å². The van der Waals surface area contributed by atoms with Gasteiger partial charge in [-0.05, 0) is 45.3 Å². The van der Waals surface area contributed by atoms with Crippen LogP contribution >= 0.6 is 0 Å². The zero-order chi connectivity index (χ0) is 11.8. The summed E-state index contributed by atoms with van der Waals surface area (Å²) in [5, 5.41) is 6.98. The second-order valence-corrected chi connectivity index (χ2v) is 5.12. The van der Waals surface area contributed by atoms with E-state index in [1.54, 1.807) is 0 Å². The highest BCUT2D eigenvalue weighted by atomic mass is 16.5. The first-order valence-corrected chi connectivity index (χ1v) is 7.20. The van der Waals surface area contributed by atoms with Crippen LogP contribution in [-0.4, -0.2) is 63.4 Å². The van der Waals surface area contributed by atoms with Gasteiger partial charge in [-0.3, -0.25) is 0 Å². The summed E-state index contributed by atoms with van der Waals surface area (Å²) in [5.41, 5.74) is 0. The molecule has 0 aromatic rings. The average molecular weight is 241 g/mol. The number of nitrogens with one attached hydrogen (secondary N) is 2. The van der Waals surface area contributed by atoms with E-state index in [0.29, 0.717) is 6.10 Å². The Morgan fingerprint density at radius 1 is 1.18 bits per heavy atom. The second-order valence-electron chi connectivity index (χ2n) is 5.12. The van der Waals surface area contributed by atoms with Crippen LogP contribution in [0.4, 0.5) is 0 Å². The molecule has 2 aliphatic rings. The summed E-state index contributed by atoms with van der Waals surface area (Å²) in [4.78, 5) is 2.55. The molecule has 100 valence electrons. The topological polar surface area (TPSA) is 36.5 Å². The molecule has 0 aliphatic carbocycles. The third kappa shape index (κ3) is 5.34. The molecular formula is C13H27N3O. The standard InChI is InChI=1S/C13H27N3O/c1-3-13(17-12-1)4-6-15-8-11-16-9-2-5-14-7-10-16/h13-15H,1-12H2. The van der Waals surface area contributed by atoms with Crippen LogP contribution in [-0.2, 0) is 4.74 Å². The Kier molecular flexibility index (Phi) is 6.27. The van der Waals surface area contributed by atoms with Gasteiger partial charge in [0.25, 0.3) is 0 Å². The summed E-state index contributed by atoms with van der Waals surface area (Å²) in [7, 11) is 0. The van der Waals surface area contributed by atoms with E-state index >= 15 is 0 Å². The molecule has 0 radical (unpaired) electrons. The van der Waals surface area contributed by atoms with Crippen molar-refractivity contribution in [2.24, 2.45) is 0 Å². The van der Waals surface area contributed by atoms with Crippen LogP contribution in [0.5, 0.6) is 0 Å². The largest absolute Gasteiger partial charge is 0.378 e. The maximum absolute atomic E-state index is 5.61. The lowest BCUT2D eigenvalue weighted by molar-refractivity contribution is 0.104. The summed E-state index contributed by atoms with van der Waals surface area (Å²) >= 11 is 0. The molecule has 0 spiro atoms. The molecule has 0 bridgehead atoms. The minimum atomic E-state index is 0.532. The van der Waals surface area contributed by atoms with Gasteiger partial charge < -0.3 is 20.3 Å². The summed E-state index contributed by atoms with van der Waals surface area (Å²) in [5.74, 6) is 0. The van der Waals surface area contributed by atoms with Crippen molar-refractivity contribution in [1.29, 1.82) is 0 Å². The van der Waals surface area contributed by atoms with Crippen LogP contribution in [0, 0.1) is 0 Å². The van der Waals surface area contributed by atoms with Gasteiger partial charge in [0.2, 0.25) is 0 Å². The molecule has 2 fully saturated rings. The number of rotatable bonds is 6. The van der Waals surface area contributed by atoms with Gasteiger partial charge in [-0.15, -0.1) is 0 Å². The van der Waals surface area contributed by atoms with E-state index in [1.807, 2.05) is 0 Å². The van der Waals surface area contributed by atoms with Gasteiger partial charge in [-0.1, -0.05) is 0 Å². The SMILES string of the molecule is C1COC(CCNCCN2CCCNCC2)C1. The van der Waals surface area contributed by atoms with Crippen molar-refractivity contribution in [3.05, 3.63) is 0 Å². The van der Waals surface area contributed by atoms with E-state index in [0.717, 1.165) is 26.2 Å². The fourth-order valence-electron chi connectivity index (χ4n) is 2.62. The Labute approximate surface area is 105 Å². The fourth-order valence-corrected chi connectivity index (χ4v) is 2.62. The van der Waals surface area contributed by atoms with Gasteiger partial charge in [0.05, 0.1) is 6.10 Å². The minimum Gasteiger partial charge on any atom is -0.378 e. The maximum Gasteiger partial charge on any atom is 0.0588 e. The molecular weight excluding hydrogens is 214 g/mol. The third-order valence-corrected chi connectivity index (χ3v) is 3.70. The lowest BCUT2D eigenvalue weighted by Gasteiger charge is -2.19. The molecule has 17 heavy (non-hydrogen) atoms. The zero-order valence-corrected chi connectivity index (χ0v) is 10.9. The third-order valence-electron chi connectivity index (χ3n) is 3.70. The lowest BCUT2D eigenvalue weighted by Crippen LogP contribution is -2.35. The molecule has 4 heteroatoms. The van der Waals surface area contributed by atoms with Crippen molar-refractivity contribution in [1.82, 2.24) is 15.5 Å². The summed E-state index contributed by atoms with van der Waals surface area (Å²) in [6.45, 7) is 9.18. The first-order valence-electron chi connectivity index (χ1n) is 7.20. The molecule has 2 heterocycles. The predicted octanol–water partition coefficient (Wildman–Crippen LogP) is 0.440. The smallest absolute Gasteiger partial charge is 0.0588 e. The molecule has 0 amide bonds. The highest BCUT2D eigenvalue weighted by Crippen LogP contribution is 2.14. The van der Waals surface area contributed by atoms with E-state index in [1.165, 1.54) is 51.9 Å². The van der Waals surface area contributed by atoms with E-state index in [4.69, 9.17) is 4.74 Å². The highest BCUT2D eigenvalue weighted by Gasteiger charge is 2.14. The van der Waals surface area contributed by atoms with Gasteiger partial charge >= 0.3 is 0 Å². The number of hydrogen-bond donors (Lipinski definition) is 2. The van der Waals surface area contributed by atoms with Gasteiger partial charge in [-0.25, -0.2) is 0 Å². The Balaban J connectivity index is 1.44. The highest BCUT2D eigenvalue weighted by molar-refractivity contribution is 4.68. The average Bonchev–Trinajstić information content (AvgIpc) is 2.72. The van der Waals surface area contributed by atoms with E-state index in [-0.39, 0.29) is 0 Å².